The number of fused-ring (bicyclic) bond motifs is 9. The third-order valence-electron chi connectivity index (χ3n) is 15.9. The van der Waals surface area contributed by atoms with Crippen LogP contribution in [0, 0.1) is 13.8 Å². The molecule has 0 spiro atoms. The lowest BCUT2D eigenvalue weighted by molar-refractivity contribution is 1.17. The van der Waals surface area contributed by atoms with Gasteiger partial charge in [-0.2, -0.15) is 0 Å². The second-order valence-electron chi connectivity index (χ2n) is 20.8. The van der Waals surface area contributed by atoms with Crippen molar-refractivity contribution in [3.63, 3.8) is 0 Å². The Morgan fingerprint density at radius 3 is 1.01 bits per heavy atom. The van der Waals surface area contributed by atoms with Crippen LogP contribution in [0.25, 0.3) is 99.0 Å². The largest absolute Gasteiger partial charge is 0.310 e. The quantitative estimate of drug-likeness (QED) is 0.128. The van der Waals surface area contributed by atoms with Gasteiger partial charge in [0, 0.05) is 101 Å². The Hall–Kier alpha value is -10.6. The van der Waals surface area contributed by atoms with Gasteiger partial charge in [-0.25, -0.2) is 0 Å². The van der Waals surface area contributed by atoms with Crippen molar-refractivity contribution in [1.82, 2.24) is 19.1 Å². The molecule has 0 aliphatic carbocycles. The van der Waals surface area contributed by atoms with Crippen molar-refractivity contribution in [2.45, 2.75) is 13.8 Å². The summed E-state index contributed by atoms with van der Waals surface area (Å²) in [6.45, 7) is 4.41. The van der Waals surface area contributed by atoms with Crippen LogP contribution in [0.5, 0.6) is 0 Å². The van der Waals surface area contributed by atoms with Crippen molar-refractivity contribution in [3.05, 3.63) is 290 Å². The van der Waals surface area contributed by atoms with Crippen LogP contribution < -0.4 is 9.80 Å². The van der Waals surface area contributed by atoms with E-state index >= 15 is 0 Å². The molecule has 4 heterocycles. The molecule has 4 aromatic heterocycles. The summed E-state index contributed by atoms with van der Waals surface area (Å²) in [6, 6.07) is 96.1. The Morgan fingerprint density at radius 2 is 0.637 bits per heavy atom. The first-order chi connectivity index (χ1) is 39.5. The van der Waals surface area contributed by atoms with Gasteiger partial charge >= 0.3 is 0 Å². The smallest absolute Gasteiger partial charge is 0.0965 e. The molecule has 0 saturated carbocycles. The zero-order valence-electron chi connectivity index (χ0n) is 44.2. The maximum atomic E-state index is 5.13. The number of nitrogens with zero attached hydrogens (tertiary/aromatic N) is 6. The fourth-order valence-corrected chi connectivity index (χ4v) is 12.3. The van der Waals surface area contributed by atoms with E-state index in [1.165, 1.54) is 43.7 Å². The molecule has 0 fully saturated rings. The minimum Gasteiger partial charge on any atom is -0.310 e. The number of hydrogen-bond donors (Lipinski definition) is 0. The highest BCUT2D eigenvalue weighted by Crippen LogP contribution is 2.43. The van der Waals surface area contributed by atoms with Crippen LogP contribution in [0.4, 0.5) is 34.1 Å². The standard InChI is InChI=1S/C74H52N6/c1-49-41-59(79-69-29-17-15-27-65(69)67-45-61(35-39-71(67)79)77(55-19-7-3-8-20-55)56-21-9-4-10-22-56)33-37-63(49)53-43-51-31-32-52-44-54(48-76-74(52)73(51)75-47-53)64-38-34-60(42-50(64)2)80-70-30-18-16-28-66(70)68-46-62(36-40-72(68)80)78(57-23-11-5-12-24-57)58-25-13-6-14-26-58/h3-48H,1-2H3. The molecule has 6 nitrogen and oxygen atoms in total. The molecule has 0 atom stereocenters. The highest BCUT2D eigenvalue weighted by atomic mass is 15.1. The fraction of sp³-hybridized carbons (Fsp3) is 0.0270. The Labute approximate surface area is 464 Å². The van der Waals surface area contributed by atoms with Gasteiger partial charge in [-0.1, -0.05) is 133 Å². The van der Waals surface area contributed by atoms with Crippen LogP contribution in [0.2, 0.25) is 0 Å². The molecule has 80 heavy (non-hydrogen) atoms. The maximum Gasteiger partial charge on any atom is 0.0965 e. The predicted molar refractivity (Wildman–Crippen MR) is 335 cm³/mol. The number of aromatic nitrogens is 4. The highest BCUT2D eigenvalue weighted by molar-refractivity contribution is 6.12. The van der Waals surface area contributed by atoms with Crippen LogP contribution in [0.3, 0.4) is 0 Å². The van der Waals surface area contributed by atoms with Crippen molar-refractivity contribution in [2.24, 2.45) is 0 Å². The van der Waals surface area contributed by atoms with E-state index in [9.17, 15) is 0 Å². The molecular weight excluding hydrogens is 973 g/mol. The molecule has 378 valence electrons. The molecule has 0 radical (unpaired) electrons. The third-order valence-corrected chi connectivity index (χ3v) is 15.9. The van der Waals surface area contributed by atoms with Crippen molar-refractivity contribution in [3.8, 4) is 33.6 Å². The van der Waals surface area contributed by atoms with E-state index in [1.807, 2.05) is 12.4 Å². The van der Waals surface area contributed by atoms with E-state index in [4.69, 9.17) is 9.97 Å². The van der Waals surface area contributed by atoms with Gasteiger partial charge < -0.3 is 18.9 Å². The van der Waals surface area contributed by atoms with Crippen molar-refractivity contribution >= 4 is 99.5 Å². The molecule has 11 aromatic carbocycles. The lowest BCUT2D eigenvalue weighted by Gasteiger charge is -2.25. The summed E-state index contributed by atoms with van der Waals surface area (Å²) in [5.74, 6) is 0. The van der Waals surface area contributed by atoms with Crippen LogP contribution in [0.15, 0.2) is 279 Å². The number of hydrogen-bond acceptors (Lipinski definition) is 4. The Bertz CT molecular complexity index is 4460. The van der Waals surface area contributed by atoms with Gasteiger partial charge in [0.05, 0.1) is 33.1 Å². The van der Waals surface area contributed by atoms with Gasteiger partial charge in [0.1, 0.15) is 0 Å². The highest BCUT2D eigenvalue weighted by Gasteiger charge is 2.21. The Morgan fingerprint density at radius 1 is 0.287 bits per heavy atom. The van der Waals surface area contributed by atoms with E-state index < -0.39 is 0 Å². The Balaban J connectivity index is 0.732. The molecule has 0 bridgehead atoms. The van der Waals surface area contributed by atoms with Gasteiger partial charge in [-0.05, 0) is 170 Å². The number of anilines is 6. The summed E-state index contributed by atoms with van der Waals surface area (Å²) in [5, 5.41) is 6.96. The average Bonchev–Trinajstić information content (AvgIpc) is 4.07. The number of para-hydroxylation sites is 6. The van der Waals surface area contributed by atoms with Crippen LogP contribution >= 0.6 is 0 Å². The SMILES string of the molecule is Cc1cc(-n2c3ccccc3c3cc(N(c4ccccc4)c4ccccc4)ccc32)ccc1-c1cnc2c(ccc3cc(-c4ccc(-n5c6ccccc6c6cc(N(c7ccccc7)c7ccccc7)ccc65)cc4C)cnc32)c1. The van der Waals surface area contributed by atoms with E-state index in [2.05, 4.69) is 300 Å². The summed E-state index contributed by atoms with van der Waals surface area (Å²) < 4.78 is 4.80. The van der Waals surface area contributed by atoms with Crippen molar-refractivity contribution in [2.75, 3.05) is 9.80 Å². The van der Waals surface area contributed by atoms with Gasteiger partial charge in [0.25, 0.3) is 0 Å². The van der Waals surface area contributed by atoms with Crippen LogP contribution in [0.1, 0.15) is 11.1 Å². The zero-order chi connectivity index (χ0) is 53.3. The van der Waals surface area contributed by atoms with Gasteiger partial charge in [-0.15, -0.1) is 0 Å². The molecule has 0 amide bonds. The number of aryl methyl sites for hydroxylation is 2. The number of benzene rings is 11. The molecule has 0 saturated heterocycles. The minimum atomic E-state index is 0.895. The Kier molecular flexibility index (Phi) is 11.2. The number of pyridine rings is 2. The van der Waals surface area contributed by atoms with E-state index in [1.54, 1.807) is 0 Å². The van der Waals surface area contributed by atoms with Gasteiger partial charge in [0.15, 0.2) is 0 Å². The maximum absolute atomic E-state index is 5.13. The van der Waals surface area contributed by atoms with E-state index in [-0.39, 0.29) is 0 Å². The summed E-state index contributed by atoms with van der Waals surface area (Å²) in [7, 11) is 0. The zero-order valence-corrected chi connectivity index (χ0v) is 44.2. The summed E-state index contributed by atoms with van der Waals surface area (Å²) >= 11 is 0. The second-order valence-corrected chi connectivity index (χ2v) is 20.8. The van der Waals surface area contributed by atoms with E-state index in [0.29, 0.717) is 0 Å². The molecule has 0 aliphatic rings. The first-order valence-corrected chi connectivity index (χ1v) is 27.3. The fourth-order valence-electron chi connectivity index (χ4n) is 12.3. The van der Waals surface area contributed by atoms with Gasteiger partial charge in [-0.3, -0.25) is 9.97 Å². The third kappa shape index (κ3) is 7.87. The summed E-state index contributed by atoms with van der Waals surface area (Å²) in [5.41, 5.74) is 22.2. The van der Waals surface area contributed by atoms with Crippen LogP contribution in [-0.4, -0.2) is 19.1 Å². The molecule has 15 aromatic rings. The lowest BCUT2D eigenvalue weighted by Crippen LogP contribution is -2.09. The first kappa shape index (κ1) is 46.7. The molecule has 0 unspecified atom stereocenters. The molecule has 0 N–H and O–H groups in total. The lowest BCUT2D eigenvalue weighted by atomic mass is 9.98. The minimum absolute atomic E-state index is 0.895. The molecule has 0 aliphatic heterocycles. The monoisotopic (exact) mass is 1020 g/mol. The first-order valence-electron chi connectivity index (χ1n) is 27.3. The van der Waals surface area contributed by atoms with Gasteiger partial charge in [0.2, 0.25) is 0 Å². The van der Waals surface area contributed by atoms with Crippen molar-refractivity contribution in [1.29, 1.82) is 0 Å². The topological polar surface area (TPSA) is 42.1 Å². The summed E-state index contributed by atoms with van der Waals surface area (Å²) in [6.07, 6.45) is 4.01. The molecule has 6 heteroatoms. The molecular formula is C74H52N6. The van der Waals surface area contributed by atoms with Crippen LogP contribution in [-0.2, 0) is 0 Å². The van der Waals surface area contributed by atoms with Crippen molar-refractivity contribution < 1.29 is 0 Å². The normalized spacial score (nSPS) is 11.6. The molecule has 15 rings (SSSR count). The van der Waals surface area contributed by atoms with E-state index in [0.717, 1.165) is 101 Å². The summed E-state index contributed by atoms with van der Waals surface area (Å²) in [4.78, 5) is 14.9. The number of rotatable bonds is 10. The predicted octanol–water partition coefficient (Wildman–Crippen LogP) is 19.9. The average molecular weight is 1030 g/mol. The second kappa shape index (κ2) is 19.2.